The van der Waals surface area contributed by atoms with Crippen LogP contribution in [-0.4, -0.2) is 32.3 Å². The van der Waals surface area contributed by atoms with Crippen molar-refractivity contribution in [3.8, 4) is 0 Å². The zero-order valence-corrected chi connectivity index (χ0v) is 19.6. The fourth-order valence-corrected chi connectivity index (χ4v) is 4.59. The van der Waals surface area contributed by atoms with Gasteiger partial charge in [0.25, 0.3) is 15.9 Å². The fourth-order valence-electron chi connectivity index (χ4n) is 3.15. The first-order valence-electron chi connectivity index (χ1n) is 10.4. The van der Waals surface area contributed by atoms with Gasteiger partial charge in [-0.25, -0.2) is 8.42 Å². The summed E-state index contributed by atoms with van der Waals surface area (Å²) in [5, 5.41) is 5.56. The predicted octanol–water partition coefficient (Wildman–Crippen LogP) is 4.05. The molecule has 0 fully saturated rings. The minimum absolute atomic E-state index is 0.0756. The first-order valence-corrected chi connectivity index (χ1v) is 11.9. The Morgan fingerprint density at radius 1 is 0.818 bits per heavy atom. The van der Waals surface area contributed by atoms with E-state index in [1.54, 1.807) is 72.8 Å². The van der Waals surface area contributed by atoms with Gasteiger partial charge in [-0.05, 0) is 57.2 Å². The molecule has 0 saturated heterocycles. The Morgan fingerprint density at radius 3 is 1.97 bits per heavy atom. The highest BCUT2D eigenvalue weighted by Gasteiger charge is 2.27. The first-order chi connectivity index (χ1) is 15.6. The van der Waals surface area contributed by atoms with Gasteiger partial charge in [-0.3, -0.25) is 13.9 Å². The van der Waals surface area contributed by atoms with Gasteiger partial charge >= 0.3 is 0 Å². The highest BCUT2D eigenvalue weighted by Crippen LogP contribution is 2.24. The molecule has 3 rings (SSSR count). The Balaban J connectivity index is 1.89. The van der Waals surface area contributed by atoms with Crippen molar-refractivity contribution in [1.29, 1.82) is 0 Å². The van der Waals surface area contributed by atoms with E-state index in [1.165, 1.54) is 12.1 Å². The number of amides is 2. The lowest BCUT2D eigenvalue weighted by atomic mass is 10.1. The van der Waals surface area contributed by atoms with Gasteiger partial charge in [-0.15, -0.1) is 0 Å². The Morgan fingerprint density at radius 2 is 1.36 bits per heavy atom. The molecule has 0 aliphatic rings. The molecule has 0 aromatic heterocycles. The monoisotopic (exact) mass is 465 g/mol. The van der Waals surface area contributed by atoms with E-state index in [2.05, 4.69) is 10.6 Å². The molecule has 7 nitrogen and oxygen atoms in total. The number of carbonyl (C=O) groups is 2. The van der Waals surface area contributed by atoms with E-state index in [1.807, 2.05) is 20.8 Å². The number of benzene rings is 3. The van der Waals surface area contributed by atoms with Crippen molar-refractivity contribution < 1.29 is 18.0 Å². The van der Waals surface area contributed by atoms with Crippen molar-refractivity contribution in [1.82, 2.24) is 5.32 Å². The average Bonchev–Trinajstić information content (AvgIpc) is 2.78. The Labute approximate surface area is 194 Å². The summed E-state index contributed by atoms with van der Waals surface area (Å²) < 4.78 is 27.7. The standard InChI is InChI=1S/C25H27N3O4S/c1-25(2,3)27-24(30)21-16-10-11-17-22(21)26-23(29)18-28(19-12-6-4-7-13-19)33(31,32)20-14-8-5-9-15-20/h4-17H,18H2,1-3H3,(H,26,29)(H,27,30). The summed E-state index contributed by atoms with van der Waals surface area (Å²) in [4.78, 5) is 25.7. The van der Waals surface area contributed by atoms with Crippen LogP contribution in [0, 0.1) is 0 Å². The van der Waals surface area contributed by atoms with Gasteiger partial charge in [-0.2, -0.15) is 0 Å². The molecule has 2 amide bonds. The number of rotatable bonds is 7. The number of nitrogens with zero attached hydrogens (tertiary/aromatic N) is 1. The third-order valence-corrected chi connectivity index (χ3v) is 6.38. The fraction of sp³-hybridized carbons (Fsp3) is 0.200. The van der Waals surface area contributed by atoms with Crippen LogP contribution >= 0.6 is 0 Å². The van der Waals surface area contributed by atoms with E-state index < -0.39 is 28.0 Å². The lowest BCUT2D eigenvalue weighted by molar-refractivity contribution is -0.114. The van der Waals surface area contributed by atoms with Crippen LogP contribution < -0.4 is 14.9 Å². The summed E-state index contributed by atoms with van der Waals surface area (Å²) in [5.41, 5.74) is 0.491. The second-order valence-electron chi connectivity index (χ2n) is 8.46. The average molecular weight is 466 g/mol. The number of anilines is 2. The summed E-state index contributed by atoms with van der Waals surface area (Å²) >= 11 is 0. The molecule has 0 bridgehead atoms. The molecule has 3 aromatic rings. The number of para-hydroxylation sites is 2. The molecule has 2 N–H and O–H groups in total. The van der Waals surface area contributed by atoms with Crippen LogP contribution in [0.25, 0.3) is 0 Å². The van der Waals surface area contributed by atoms with Crippen LogP contribution in [0.15, 0.2) is 89.8 Å². The highest BCUT2D eigenvalue weighted by atomic mass is 32.2. The van der Waals surface area contributed by atoms with Gasteiger partial charge in [0, 0.05) is 5.54 Å². The van der Waals surface area contributed by atoms with E-state index in [4.69, 9.17) is 0 Å². The molecule has 33 heavy (non-hydrogen) atoms. The van der Waals surface area contributed by atoms with Crippen molar-refractivity contribution >= 4 is 33.2 Å². The Kier molecular flexibility index (Phi) is 7.18. The van der Waals surface area contributed by atoms with Crippen LogP contribution in [0.1, 0.15) is 31.1 Å². The molecule has 3 aromatic carbocycles. The molecule has 8 heteroatoms. The van der Waals surface area contributed by atoms with Gasteiger partial charge in [0.1, 0.15) is 6.54 Å². The van der Waals surface area contributed by atoms with Gasteiger partial charge in [0.05, 0.1) is 21.8 Å². The maximum atomic E-state index is 13.3. The summed E-state index contributed by atoms with van der Waals surface area (Å²) in [6.07, 6.45) is 0. The third-order valence-electron chi connectivity index (χ3n) is 4.60. The van der Waals surface area contributed by atoms with Crippen molar-refractivity contribution in [2.45, 2.75) is 31.2 Å². The van der Waals surface area contributed by atoms with Gasteiger partial charge in [0.15, 0.2) is 0 Å². The summed E-state index contributed by atoms with van der Waals surface area (Å²) in [7, 11) is -4.00. The topological polar surface area (TPSA) is 95.6 Å². The minimum Gasteiger partial charge on any atom is -0.347 e. The molecule has 0 spiro atoms. The van der Waals surface area contributed by atoms with Gasteiger partial charge in [0.2, 0.25) is 5.91 Å². The molecule has 0 saturated carbocycles. The zero-order valence-electron chi connectivity index (χ0n) is 18.8. The zero-order chi connectivity index (χ0) is 24.1. The largest absolute Gasteiger partial charge is 0.347 e. The quantitative estimate of drug-likeness (QED) is 0.550. The van der Waals surface area contributed by atoms with Crippen LogP contribution in [0.5, 0.6) is 0 Å². The lowest BCUT2D eigenvalue weighted by Gasteiger charge is -2.24. The number of nitrogens with one attached hydrogen (secondary N) is 2. The molecular formula is C25H27N3O4S. The molecule has 0 unspecified atom stereocenters. The lowest BCUT2D eigenvalue weighted by Crippen LogP contribution is -2.41. The molecule has 172 valence electrons. The van der Waals surface area contributed by atoms with Gasteiger partial charge < -0.3 is 10.6 Å². The Hall–Kier alpha value is -3.65. The van der Waals surface area contributed by atoms with Crippen molar-refractivity contribution in [2.75, 3.05) is 16.2 Å². The number of carbonyl (C=O) groups excluding carboxylic acids is 2. The molecule has 0 aliphatic heterocycles. The van der Waals surface area contributed by atoms with Gasteiger partial charge in [-0.1, -0.05) is 48.5 Å². The van der Waals surface area contributed by atoms with Crippen molar-refractivity contribution in [3.05, 3.63) is 90.5 Å². The van der Waals surface area contributed by atoms with E-state index in [-0.39, 0.29) is 16.4 Å². The number of hydrogen-bond donors (Lipinski definition) is 2. The molecule has 0 aliphatic carbocycles. The third kappa shape index (κ3) is 6.20. The first kappa shape index (κ1) is 24.0. The van der Waals surface area contributed by atoms with Crippen molar-refractivity contribution in [3.63, 3.8) is 0 Å². The number of sulfonamides is 1. The van der Waals surface area contributed by atoms with Crippen LogP contribution in [-0.2, 0) is 14.8 Å². The smallest absolute Gasteiger partial charge is 0.264 e. The van der Waals surface area contributed by atoms with Crippen LogP contribution in [0.2, 0.25) is 0 Å². The summed E-state index contributed by atoms with van der Waals surface area (Å²) in [6, 6.07) is 22.9. The SMILES string of the molecule is CC(C)(C)NC(=O)c1ccccc1NC(=O)CN(c1ccccc1)S(=O)(=O)c1ccccc1. The normalized spacial score (nSPS) is 11.5. The minimum atomic E-state index is -4.00. The number of hydrogen-bond acceptors (Lipinski definition) is 4. The van der Waals surface area contributed by atoms with E-state index in [0.29, 0.717) is 11.4 Å². The molecule has 0 radical (unpaired) electrons. The Bertz CT molecular complexity index is 1220. The summed E-state index contributed by atoms with van der Waals surface area (Å²) in [6.45, 7) is 5.12. The van der Waals surface area contributed by atoms with Crippen LogP contribution in [0.3, 0.4) is 0 Å². The maximum Gasteiger partial charge on any atom is 0.264 e. The molecular weight excluding hydrogens is 438 g/mol. The van der Waals surface area contributed by atoms with E-state index in [0.717, 1.165) is 4.31 Å². The summed E-state index contributed by atoms with van der Waals surface area (Å²) in [5.74, 6) is -0.912. The second-order valence-corrected chi connectivity index (χ2v) is 10.3. The van der Waals surface area contributed by atoms with Crippen LogP contribution in [0.4, 0.5) is 11.4 Å². The predicted molar refractivity (Wildman–Crippen MR) is 130 cm³/mol. The van der Waals surface area contributed by atoms with E-state index in [9.17, 15) is 18.0 Å². The van der Waals surface area contributed by atoms with Crippen molar-refractivity contribution in [2.24, 2.45) is 0 Å². The maximum absolute atomic E-state index is 13.3. The van der Waals surface area contributed by atoms with E-state index >= 15 is 0 Å². The highest BCUT2D eigenvalue weighted by molar-refractivity contribution is 7.92. The molecule has 0 heterocycles. The second kappa shape index (κ2) is 9.87. The molecule has 0 atom stereocenters.